The van der Waals surface area contributed by atoms with Gasteiger partial charge >= 0.3 is 6.36 Å². The van der Waals surface area contributed by atoms with Gasteiger partial charge in [0.2, 0.25) is 0 Å². The first-order chi connectivity index (χ1) is 18.4. The summed E-state index contributed by atoms with van der Waals surface area (Å²) < 4.78 is 88.9. The van der Waals surface area contributed by atoms with E-state index in [1.165, 1.54) is 56.7 Å². The highest BCUT2D eigenvalue weighted by atomic mass is 35.5. The average Bonchev–Trinajstić information content (AvgIpc) is 3.28. The molecule has 1 N–H and O–H groups in total. The van der Waals surface area contributed by atoms with Crippen LogP contribution in [-0.2, 0) is 10.0 Å². The Bertz CT molecular complexity index is 1450. The number of benzene rings is 3. The second-order valence-corrected chi connectivity index (χ2v) is 10.9. The van der Waals surface area contributed by atoms with Crippen LogP contribution in [0.15, 0.2) is 59.5 Å². The predicted octanol–water partition coefficient (Wildman–Crippen LogP) is 5.81. The van der Waals surface area contributed by atoms with E-state index in [-0.39, 0.29) is 39.3 Å². The Morgan fingerprint density at radius 1 is 1.00 bits per heavy atom. The van der Waals surface area contributed by atoms with E-state index in [0.717, 1.165) is 25.1 Å². The fraction of sp³-hybridized carbons (Fsp3) is 0.308. The zero-order chi connectivity index (χ0) is 28.4. The third kappa shape index (κ3) is 7.00. The summed E-state index contributed by atoms with van der Waals surface area (Å²) in [4.78, 5) is 1.84. The number of likely N-dealkylation sites (tertiary alicyclic amines) is 1. The molecule has 13 heteroatoms. The third-order valence-electron chi connectivity index (χ3n) is 5.98. The molecule has 0 unspecified atom stereocenters. The summed E-state index contributed by atoms with van der Waals surface area (Å²) in [5, 5.41) is 0.320. The minimum absolute atomic E-state index is 0.0622. The van der Waals surface area contributed by atoms with Crippen LogP contribution in [0.5, 0.6) is 23.0 Å². The zero-order valence-corrected chi connectivity index (χ0v) is 22.8. The highest BCUT2D eigenvalue weighted by molar-refractivity contribution is 7.92. The molecule has 210 valence electrons. The molecule has 1 saturated heterocycles. The van der Waals surface area contributed by atoms with Crippen LogP contribution in [0.3, 0.4) is 0 Å². The van der Waals surface area contributed by atoms with E-state index in [9.17, 15) is 21.6 Å². The van der Waals surface area contributed by atoms with Crippen molar-refractivity contribution in [2.75, 3.05) is 39.1 Å². The van der Waals surface area contributed by atoms with Crippen LogP contribution in [0.25, 0.3) is 11.1 Å². The number of anilines is 1. The van der Waals surface area contributed by atoms with Gasteiger partial charge in [0, 0.05) is 30.8 Å². The number of halogens is 4. The molecule has 0 amide bonds. The van der Waals surface area contributed by atoms with Crippen molar-refractivity contribution in [3.05, 3.63) is 59.6 Å². The average molecular weight is 587 g/mol. The third-order valence-corrected chi connectivity index (χ3v) is 7.71. The van der Waals surface area contributed by atoms with Gasteiger partial charge in [-0.2, -0.15) is 0 Å². The topological polar surface area (TPSA) is 86.3 Å². The van der Waals surface area contributed by atoms with Crippen LogP contribution in [-0.4, -0.2) is 60.1 Å². The molecule has 39 heavy (non-hydrogen) atoms. The molecule has 1 aliphatic heterocycles. The number of likely N-dealkylation sites (N-methyl/N-ethyl adjacent to an activating group) is 1. The molecule has 8 nitrogen and oxygen atoms in total. The Hall–Kier alpha value is -3.35. The molecule has 0 radical (unpaired) electrons. The lowest BCUT2D eigenvalue weighted by molar-refractivity contribution is -0.274. The molecule has 0 saturated carbocycles. The van der Waals surface area contributed by atoms with E-state index >= 15 is 0 Å². The van der Waals surface area contributed by atoms with Crippen LogP contribution < -0.4 is 23.7 Å². The number of methoxy groups -OCH3 is 2. The second kappa shape index (κ2) is 11.4. The maximum absolute atomic E-state index is 13.7. The fourth-order valence-corrected chi connectivity index (χ4v) is 5.64. The summed E-state index contributed by atoms with van der Waals surface area (Å²) in [6, 6.07) is 12.0. The number of nitrogens with zero attached hydrogens (tertiary/aromatic N) is 1. The summed E-state index contributed by atoms with van der Waals surface area (Å²) >= 11 is 6.30. The Morgan fingerprint density at radius 2 is 1.72 bits per heavy atom. The first kappa shape index (κ1) is 28.7. The normalized spacial score (nSPS) is 16.1. The molecular formula is C26H26ClF3N2O6S. The van der Waals surface area contributed by atoms with Gasteiger partial charge in [-0.25, -0.2) is 8.42 Å². The highest BCUT2D eigenvalue weighted by Crippen LogP contribution is 2.40. The molecule has 4 rings (SSSR count). The molecule has 3 aromatic carbocycles. The van der Waals surface area contributed by atoms with Crippen molar-refractivity contribution in [1.82, 2.24) is 4.90 Å². The standard InChI is InChI=1S/C26H26ClF3N2O6S/c1-32-10-9-19(15-32)37-22-12-17(7-8-21(22)27)31-39(33,34)25-14-24(36-3)23(35-2)13-20(25)16-5-4-6-18(11-16)38-26(28,29)30/h4-8,11-14,19,31H,9-10,15H2,1-3H3/t19-/m1/s1. The Morgan fingerprint density at radius 3 is 2.36 bits per heavy atom. The predicted molar refractivity (Wildman–Crippen MR) is 140 cm³/mol. The molecule has 3 aromatic rings. The quantitative estimate of drug-likeness (QED) is 0.339. The summed E-state index contributed by atoms with van der Waals surface area (Å²) in [7, 11) is 0.346. The number of alkyl halides is 3. The number of nitrogens with one attached hydrogen (secondary N) is 1. The van der Waals surface area contributed by atoms with Gasteiger partial charge in [0.1, 0.15) is 17.6 Å². The van der Waals surface area contributed by atoms with Crippen molar-refractivity contribution < 1.29 is 40.5 Å². The van der Waals surface area contributed by atoms with Gasteiger partial charge < -0.3 is 23.8 Å². The van der Waals surface area contributed by atoms with Crippen molar-refractivity contribution >= 4 is 27.3 Å². The first-order valence-corrected chi connectivity index (χ1v) is 13.5. The maximum Gasteiger partial charge on any atom is 0.573 e. The Kier molecular flexibility index (Phi) is 8.38. The highest BCUT2D eigenvalue weighted by Gasteiger charge is 2.31. The first-order valence-electron chi connectivity index (χ1n) is 11.7. The van der Waals surface area contributed by atoms with E-state index in [1.807, 2.05) is 7.05 Å². The molecule has 0 spiro atoms. The number of rotatable bonds is 9. The molecule has 0 aromatic heterocycles. The van der Waals surface area contributed by atoms with Crippen molar-refractivity contribution in [3.63, 3.8) is 0 Å². The summed E-state index contributed by atoms with van der Waals surface area (Å²) in [5.41, 5.74) is 0.381. The SMILES string of the molecule is COc1cc(-c2cccc(OC(F)(F)F)c2)c(S(=O)(=O)Nc2ccc(Cl)c(O[C@@H]3CCN(C)C3)c2)cc1OC. The fourth-order valence-electron chi connectivity index (χ4n) is 4.21. The molecule has 1 atom stereocenters. The van der Waals surface area contributed by atoms with Gasteiger partial charge in [-0.15, -0.1) is 13.2 Å². The van der Waals surface area contributed by atoms with E-state index < -0.39 is 22.1 Å². The molecule has 1 heterocycles. The zero-order valence-electron chi connectivity index (χ0n) is 21.2. The van der Waals surface area contributed by atoms with Crippen molar-refractivity contribution in [1.29, 1.82) is 0 Å². The number of ether oxygens (including phenoxy) is 4. The lowest BCUT2D eigenvalue weighted by Crippen LogP contribution is -2.21. The molecule has 1 aliphatic rings. The summed E-state index contributed by atoms with van der Waals surface area (Å²) in [6.07, 6.45) is -4.22. The molecule has 0 aliphatic carbocycles. The maximum atomic E-state index is 13.7. The minimum atomic E-state index is -4.92. The van der Waals surface area contributed by atoms with E-state index in [4.69, 9.17) is 25.8 Å². The van der Waals surface area contributed by atoms with Gasteiger partial charge in [-0.3, -0.25) is 4.72 Å². The van der Waals surface area contributed by atoms with Crippen LogP contribution in [0, 0.1) is 0 Å². The number of hydrogen-bond donors (Lipinski definition) is 1. The van der Waals surface area contributed by atoms with Gasteiger partial charge in [-0.1, -0.05) is 23.7 Å². The Labute approximate surface area is 229 Å². The molecule has 1 fully saturated rings. The number of hydrogen-bond acceptors (Lipinski definition) is 7. The smallest absolute Gasteiger partial charge is 0.493 e. The second-order valence-electron chi connectivity index (χ2n) is 8.82. The lowest BCUT2D eigenvalue weighted by Gasteiger charge is -2.18. The number of sulfonamides is 1. The molecule has 0 bridgehead atoms. The van der Waals surface area contributed by atoms with Gasteiger partial charge in [0.15, 0.2) is 11.5 Å². The molecular weight excluding hydrogens is 561 g/mol. The van der Waals surface area contributed by atoms with Gasteiger partial charge in [-0.05, 0) is 49.4 Å². The van der Waals surface area contributed by atoms with E-state index in [2.05, 4.69) is 14.4 Å². The van der Waals surface area contributed by atoms with Gasteiger partial charge in [0.05, 0.1) is 29.8 Å². The summed E-state index contributed by atoms with van der Waals surface area (Å²) in [5.74, 6) is 0.0944. The van der Waals surface area contributed by atoms with Crippen LogP contribution in [0.2, 0.25) is 5.02 Å². The Balaban J connectivity index is 1.73. The van der Waals surface area contributed by atoms with Crippen LogP contribution in [0.4, 0.5) is 18.9 Å². The van der Waals surface area contributed by atoms with Crippen molar-refractivity contribution in [2.45, 2.75) is 23.8 Å². The van der Waals surface area contributed by atoms with E-state index in [0.29, 0.717) is 17.3 Å². The summed E-state index contributed by atoms with van der Waals surface area (Å²) in [6.45, 7) is 1.57. The van der Waals surface area contributed by atoms with Crippen molar-refractivity contribution in [2.24, 2.45) is 0 Å². The van der Waals surface area contributed by atoms with Crippen molar-refractivity contribution in [3.8, 4) is 34.1 Å². The van der Waals surface area contributed by atoms with Crippen LogP contribution in [0.1, 0.15) is 6.42 Å². The lowest BCUT2D eigenvalue weighted by atomic mass is 10.0. The van der Waals surface area contributed by atoms with E-state index in [1.54, 1.807) is 0 Å². The largest absolute Gasteiger partial charge is 0.573 e. The minimum Gasteiger partial charge on any atom is -0.493 e. The van der Waals surface area contributed by atoms with Gasteiger partial charge in [0.25, 0.3) is 10.0 Å². The monoisotopic (exact) mass is 586 g/mol. The van der Waals surface area contributed by atoms with Crippen LogP contribution >= 0.6 is 11.6 Å².